The molecule has 136 valence electrons. The number of para-hydroxylation sites is 1. The third-order valence-corrected chi connectivity index (χ3v) is 5.00. The zero-order valence-corrected chi connectivity index (χ0v) is 15.7. The molecule has 1 atom stereocenters. The summed E-state index contributed by atoms with van der Waals surface area (Å²) >= 11 is 0. The number of anilines is 2. The quantitative estimate of drug-likeness (QED) is 0.810. The molecule has 1 unspecified atom stereocenters. The van der Waals surface area contributed by atoms with E-state index in [9.17, 15) is 9.59 Å². The maximum Gasteiger partial charge on any atom is 0.232 e. The molecule has 26 heavy (non-hydrogen) atoms. The van der Waals surface area contributed by atoms with E-state index in [1.807, 2.05) is 49.4 Å². The largest absolute Gasteiger partial charge is 0.312 e. The number of hydrogen-bond acceptors (Lipinski definition) is 2. The Labute approximate surface area is 155 Å². The van der Waals surface area contributed by atoms with Gasteiger partial charge in [0.1, 0.15) is 0 Å². The van der Waals surface area contributed by atoms with Crippen molar-refractivity contribution in [2.75, 3.05) is 22.9 Å². The lowest BCUT2D eigenvalue weighted by molar-refractivity contribution is -0.124. The van der Waals surface area contributed by atoms with E-state index in [4.69, 9.17) is 0 Å². The van der Waals surface area contributed by atoms with Gasteiger partial charge in [-0.05, 0) is 42.7 Å². The summed E-state index contributed by atoms with van der Waals surface area (Å²) in [6.45, 7) is 7.30. The number of hydrogen-bond donors (Lipinski definition) is 0. The second-order valence-corrected chi connectivity index (χ2v) is 7.07. The van der Waals surface area contributed by atoms with Crippen LogP contribution in [0.5, 0.6) is 0 Å². The van der Waals surface area contributed by atoms with Crippen LogP contribution < -0.4 is 9.80 Å². The minimum atomic E-state index is -0.299. The molecular formula is C22H26N2O2. The van der Waals surface area contributed by atoms with Gasteiger partial charge >= 0.3 is 0 Å². The van der Waals surface area contributed by atoms with E-state index >= 15 is 0 Å². The molecule has 1 heterocycles. The summed E-state index contributed by atoms with van der Waals surface area (Å²) in [6.07, 6.45) is 0.272. The lowest BCUT2D eigenvalue weighted by Gasteiger charge is -2.24. The Morgan fingerprint density at radius 3 is 2.35 bits per heavy atom. The van der Waals surface area contributed by atoms with Gasteiger partial charge in [-0.2, -0.15) is 0 Å². The van der Waals surface area contributed by atoms with Crippen LogP contribution in [0.1, 0.15) is 38.7 Å². The molecule has 1 fully saturated rings. The zero-order valence-electron chi connectivity index (χ0n) is 15.7. The van der Waals surface area contributed by atoms with E-state index in [1.54, 1.807) is 9.80 Å². The standard InChI is InChI=1S/C22H26N2O2/c1-4-23(19-8-6-5-7-9-19)22(26)18-14-21(25)24(15-18)20-12-10-17(11-13-20)16(2)3/h5-13,16,18H,4,14-15H2,1-3H3. The van der Waals surface area contributed by atoms with Gasteiger partial charge < -0.3 is 9.80 Å². The molecule has 3 rings (SSSR count). The van der Waals surface area contributed by atoms with Crippen LogP contribution in [0.3, 0.4) is 0 Å². The predicted molar refractivity (Wildman–Crippen MR) is 105 cm³/mol. The Kier molecular flexibility index (Phi) is 5.40. The average molecular weight is 350 g/mol. The Hall–Kier alpha value is -2.62. The molecule has 4 heteroatoms. The van der Waals surface area contributed by atoms with Gasteiger partial charge in [0.2, 0.25) is 11.8 Å². The molecule has 0 bridgehead atoms. The Bertz CT molecular complexity index is 768. The summed E-state index contributed by atoms with van der Waals surface area (Å²) < 4.78 is 0. The van der Waals surface area contributed by atoms with Crippen molar-refractivity contribution in [2.24, 2.45) is 5.92 Å². The van der Waals surface area contributed by atoms with Crippen LogP contribution >= 0.6 is 0 Å². The normalized spacial score (nSPS) is 17.0. The number of carbonyl (C=O) groups is 2. The second kappa shape index (κ2) is 7.73. The maximum atomic E-state index is 13.0. The molecule has 4 nitrogen and oxygen atoms in total. The van der Waals surface area contributed by atoms with E-state index < -0.39 is 0 Å². The molecule has 2 aromatic rings. The van der Waals surface area contributed by atoms with Gasteiger partial charge in [0.05, 0.1) is 5.92 Å². The molecule has 0 aromatic heterocycles. The van der Waals surface area contributed by atoms with Crippen LogP contribution in [0.25, 0.3) is 0 Å². The first kappa shape index (κ1) is 18.2. The van der Waals surface area contributed by atoms with Crippen molar-refractivity contribution in [1.82, 2.24) is 0 Å². The number of amides is 2. The predicted octanol–water partition coefficient (Wildman–Crippen LogP) is 4.22. The molecule has 2 amide bonds. The van der Waals surface area contributed by atoms with E-state index in [0.717, 1.165) is 11.4 Å². The van der Waals surface area contributed by atoms with Crippen molar-refractivity contribution in [3.05, 3.63) is 60.2 Å². The van der Waals surface area contributed by atoms with Crippen molar-refractivity contribution in [2.45, 2.75) is 33.1 Å². The van der Waals surface area contributed by atoms with Gasteiger partial charge in [-0.15, -0.1) is 0 Å². The highest BCUT2D eigenvalue weighted by Gasteiger charge is 2.37. The van der Waals surface area contributed by atoms with Crippen LogP contribution in [0, 0.1) is 5.92 Å². The maximum absolute atomic E-state index is 13.0. The van der Waals surface area contributed by atoms with Gasteiger partial charge in [0, 0.05) is 30.9 Å². The first-order valence-electron chi connectivity index (χ1n) is 9.28. The van der Waals surface area contributed by atoms with Crippen LogP contribution in [-0.4, -0.2) is 24.9 Å². The Balaban J connectivity index is 1.75. The highest BCUT2D eigenvalue weighted by molar-refractivity contribution is 6.04. The van der Waals surface area contributed by atoms with Gasteiger partial charge in [-0.1, -0.05) is 44.2 Å². The molecule has 0 spiro atoms. The molecule has 0 N–H and O–H groups in total. The van der Waals surface area contributed by atoms with E-state index in [0.29, 0.717) is 19.0 Å². The fourth-order valence-corrected chi connectivity index (χ4v) is 3.46. The second-order valence-electron chi connectivity index (χ2n) is 7.07. The van der Waals surface area contributed by atoms with Gasteiger partial charge in [-0.25, -0.2) is 0 Å². The smallest absolute Gasteiger partial charge is 0.232 e. The van der Waals surface area contributed by atoms with Gasteiger partial charge in [0.15, 0.2) is 0 Å². The van der Waals surface area contributed by atoms with E-state index in [-0.39, 0.29) is 24.2 Å². The molecule has 0 saturated carbocycles. The van der Waals surface area contributed by atoms with Crippen molar-refractivity contribution in [3.8, 4) is 0 Å². The molecule has 1 aliphatic heterocycles. The monoisotopic (exact) mass is 350 g/mol. The number of nitrogens with zero attached hydrogens (tertiary/aromatic N) is 2. The summed E-state index contributed by atoms with van der Waals surface area (Å²) in [5.41, 5.74) is 3.00. The summed E-state index contributed by atoms with van der Waals surface area (Å²) in [5.74, 6) is 0.196. The number of rotatable bonds is 5. The highest BCUT2D eigenvalue weighted by atomic mass is 16.2. The van der Waals surface area contributed by atoms with Crippen molar-refractivity contribution in [3.63, 3.8) is 0 Å². The molecular weight excluding hydrogens is 324 g/mol. The van der Waals surface area contributed by atoms with Crippen LogP contribution in [-0.2, 0) is 9.59 Å². The first-order valence-corrected chi connectivity index (χ1v) is 9.28. The topological polar surface area (TPSA) is 40.6 Å². The molecule has 1 saturated heterocycles. The summed E-state index contributed by atoms with van der Waals surface area (Å²) in [4.78, 5) is 29.0. The Morgan fingerprint density at radius 1 is 1.12 bits per heavy atom. The van der Waals surface area contributed by atoms with Gasteiger partial charge in [0.25, 0.3) is 0 Å². The lowest BCUT2D eigenvalue weighted by Crippen LogP contribution is -2.37. The first-order chi connectivity index (χ1) is 12.5. The molecule has 2 aromatic carbocycles. The van der Waals surface area contributed by atoms with Crippen molar-refractivity contribution < 1.29 is 9.59 Å². The van der Waals surface area contributed by atoms with Crippen LogP contribution in [0.15, 0.2) is 54.6 Å². The summed E-state index contributed by atoms with van der Waals surface area (Å²) in [7, 11) is 0. The lowest BCUT2D eigenvalue weighted by atomic mass is 10.0. The minimum absolute atomic E-state index is 0.0183. The van der Waals surface area contributed by atoms with Crippen molar-refractivity contribution in [1.29, 1.82) is 0 Å². The van der Waals surface area contributed by atoms with Crippen LogP contribution in [0.2, 0.25) is 0 Å². The third kappa shape index (κ3) is 3.64. The Morgan fingerprint density at radius 2 is 1.77 bits per heavy atom. The summed E-state index contributed by atoms with van der Waals surface area (Å²) in [5, 5.41) is 0. The van der Waals surface area contributed by atoms with Crippen molar-refractivity contribution >= 4 is 23.2 Å². The van der Waals surface area contributed by atoms with Crippen LogP contribution in [0.4, 0.5) is 11.4 Å². The fourth-order valence-electron chi connectivity index (χ4n) is 3.46. The molecule has 1 aliphatic rings. The van der Waals surface area contributed by atoms with E-state index in [1.165, 1.54) is 5.56 Å². The molecule has 0 aliphatic carbocycles. The molecule has 0 radical (unpaired) electrons. The third-order valence-electron chi connectivity index (χ3n) is 5.00. The number of benzene rings is 2. The minimum Gasteiger partial charge on any atom is -0.312 e. The van der Waals surface area contributed by atoms with Gasteiger partial charge in [-0.3, -0.25) is 9.59 Å². The highest BCUT2D eigenvalue weighted by Crippen LogP contribution is 2.29. The van der Waals surface area contributed by atoms with E-state index in [2.05, 4.69) is 26.0 Å². The SMILES string of the molecule is CCN(C(=O)C1CC(=O)N(c2ccc(C(C)C)cc2)C1)c1ccccc1. The average Bonchev–Trinajstić information content (AvgIpc) is 3.05. The number of carbonyl (C=O) groups excluding carboxylic acids is 2. The zero-order chi connectivity index (χ0) is 18.7. The summed E-state index contributed by atoms with van der Waals surface area (Å²) in [6, 6.07) is 17.7. The fraction of sp³-hybridized carbons (Fsp3) is 0.364.